The predicted molar refractivity (Wildman–Crippen MR) is 62.4 cm³/mol. The highest BCUT2D eigenvalue weighted by atomic mass is 16.1. The van der Waals surface area contributed by atoms with Crippen LogP contribution in [0.1, 0.15) is 50.9 Å². The fourth-order valence-corrected chi connectivity index (χ4v) is 1.94. The molecule has 2 rings (SSSR count). The Hall–Kier alpha value is -1.56. The third kappa shape index (κ3) is 1.76. The molecular formula is C13H16N2O. The van der Waals surface area contributed by atoms with Gasteiger partial charge >= 0.3 is 0 Å². The lowest BCUT2D eigenvalue weighted by Gasteiger charge is -2.24. The Balaban J connectivity index is 2.68. The second-order valence-electron chi connectivity index (χ2n) is 5.40. The molecule has 16 heavy (non-hydrogen) atoms. The van der Waals surface area contributed by atoms with Gasteiger partial charge in [-0.1, -0.05) is 20.8 Å². The van der Waals surface area contributed by atoms with Gasteiger partial charge in [0.2, 0.25) is 0 Å². The summed E-state index contributed by atoms with van der Waals surface area (Å²) >= 11 is 0. The van der Waals surface area contributed by atoms with E-state index in [1.54, 1.807) is 6.07 Å². The molecule has 1 aromatic heterocycles. The molecule has 0 spiro atoms. The number of hydrogen-bond donors (Lipinski definition) is 0. The van der Waals surface area contributed by atoms with Crippen molar-refractivity contribution in [3.63, 3.8) is 0 Å². The summed E-state index contributed by atoms with van der Waals surface area (Å²) < 4.78 is 1.82. The van der Waals surface area contributed by atoms with Crippen LogP contribution in [0.25, 0.3) is 0 Å². The van der Waals surface area contributed by atoms with Gasteiger partial charge in [0, 0.05) is 17.2 Å². The Labute approximate surface area is 95.3 Å². The molecular weight excluding hydrogens is 200 g/mol. The molecule has 0 bridgehead atoms. The van der Waals surface area contributed by atoms with E-state index >= 15 is 0 Å². The normalized spacial score (nSPS) is 15.9. The minimum Gasteiger partial charge on any atom is -0.308 e. The summed E-state index contributed by atoms with van der Waals surface area (Å²) in [7, 11) is 0. The molecule has 0 N–H and O–H groups in total. The van der Waals surface area contributed by atoms with Crippen molar-refractivity contribution >= 4 is 0 Å². The first kappa shape index (κ1) is 10.9. The highest BCUT2D eigenvalue weighted by molar-refractivity contribution is 5.30. The van der Waals surface area contributed by atoms with E-state index in [1.807, 2.05) is 16.7 Å². The van der Waals surface area contributed by atoms with Crippen LogP contribution in [0.3, 0.4) is 0 Å². The quantitative estimate of drug-likeness (QED) is 0.723. The Morgan fingerprint density at radius 2 is 2.00 bits per heavy atom. The first-order valence-electron chi connectivity index (χ1n) is 5.61. The van der Waals surface area contributed by atoms with Gasteiger partial charge in [0.1, 0.15) is 11.6 Å². The first-order chi connectivity index (χ1) is 7.45. The number of aromatic nitrogens is 1. The molecule has 1 aliphatic rings. The van der Waals surface area contributed by atoms with E-state index in [2.05, 4.69) is 20.8 Å². The largest absolute Gasteiger partial charge is 0.308 e. The van der Waals surface area contributed by atoms with Crippen molar-refractivity contribution in [3.05, 3.63) is 33.7 Å². The van der Waals surface area contributed by atoms with E-state index in [-0.39, 0.29) is 16.5 Å². The monoisotopic (exact) mass is 216 g/mol. The van der Waals surface area contributed by atoms with Gasteiger partial charge in [-0.25, -0.2) is 0 Å². The van der Waals surface area contributed by atoms with Crippen LogP contribution in [-0.4, -0.2) is 4.57 Å². The van der Waals surface area contributed by atoms with Crippen LogP contribution >= 0.6 is 0 Å². The summed E-state index contributed by atoms with van der Waals surface area (Å²) in [5.74, 6) is 0. The number of hydrogen-bond acceptors (Lipinski definition) is 2. The maximum atomic E-state index is 12.1. The summed E-state index contributed by atoms with van der Waals surface area (Å²) in [6.07, 6.45) is 2.11. The van der Waals surface area contributed by atoms with E-state index in [9.17, 15) is 4.79 Å². The van der Waals surface area contributed by atoms with Crippen LogP contribution in [0.5, 0.6) is 0 Å². The first-order valence-corrected chi connectivity index (χ1v) is 5.61. The van der Waals surface area contributed by atoms with Crippen molar-refractivity contribution in [3.8, 4) is 6.07 Å². The molecule has 0 radical (unpaired) electrons. The smallest absolute Gasteiger partial charge is 0.268 e. The molecule has 3 heteroatoms. The van der Waals surface area contributed by atoms with Crippen molar-refractivity contribution in [1.82, 2.24) is 4.57 Å². The van der Waals surface area contributed by atoms with E-state index in [4.69, 9.17) is 5.26 Å². The van der Waals surface area contributed by atoms with E-state index in [0.717, 1.165) is 18.5 Å². The number of rotatable bonds is 1. The zero-order valence-electron chi connectivity index (χ0n) is 9.95. The van der Waals surface area contributed by atoms with E-state index in [1.165, 1.54) is 0 Å². The molecule has 0 saturated heterocycles. The Bertz CT molecular complexity index is 510. The van der Waals surface area contributed by atoms with Crippen molar-refractivity contribution in [1.29, 1.82) is 5.26 Å². The highest BCUT2D eigenvalue weighted by Crippen LogP contribution is 2.37. The number of nitriles is 1. The summed E-state index contributed by atoms with van der Waals surface area (Å²) in [6.45, 7) is 6.27. The zero-order chi connectivity index (χ0) is 11.9. The van der Waals surface area contributed by atoms with Crippen LogP contribution in [-0.2, 0) is 5.41 Å². The van der Waals surface area contributed by atoms with Gasteiger partial charge in [-0.2, -0.15) is 5.26 Å². The third-order valence-corrected chi connectivity index (χ3v) is 2.92. The molecule has 1 saturated carbocycles. The van der Waals surface area contributed by atoms with Gasteiger partial charge < -0.3 is 4.57 Å². The molecule has 1 aliphatic carbocycles. The highest BCUT2D eigenvalue weighted by Gasteiger charge is 2.30. The second-order valence-corrected chi connectivity index (χ2v) is 5.40. The molecule has 0 atom stereocenters. The minimum absolute atomic E-state index is 0.0598. The molecule has 0 unspecified atom stereocenters. The Kier molecular flexibility index (Phi) is 2.38. The minimum atomic E-state index is -0.127. The van der Waals surface area contributed by atoms with Gasteiger partial charge in [0.15, 0.2) is 0 Å². The van der Waals surface area contributed by atoms with E-state index in [0.29, 0.717) is 6.04 Å². The SMILES string of the molecule is CC(C)(C)c1ccc(C#N)c(=O)n1C1CC1. The molecule has 84 valence electrons. The average Bonchev–Trinajstić information content (AvgIpc) is 2.99. The fourth-order valence-electron chi connectivity index (χ4n) is 1.94. The molecule has 1 aromatic rings. The molecule has 1 heterocycles. The number of pyridine rings is 1. The van der Waals surface area contributed by atoms with Gasteiger partial charge in [-0.3, -0.25) is 4.79 Å². The lowest BCUT2D eigenvalue weighted by molar-refractivity contribution is 0.505. The maximum absolute atomic E-state index is 12.1. The standard InChI is InChI=1S/C13H16N2O/c1-13(2,3)11-7-4-9(8-14)12(16)15(11)10-5-6-10/h4,7,10H,5-6H2,1-3H3. The summed E-state index contributed by atoms with van der Waals surface area (Å²) in [5.41, 5.74) is 1.09. The van der Waals surface area contributed by atoms with Crippen molar-refractivity contribution in [2.75, 3.05) is 0 Å². The van der Waals surface area contributed by atoms with Crippen LogP contribution in [0, 0.1) is 11.3 Å². The van der Waals surface area contributed by atoms with Gasteiger partial charge in [0.05, 0.1) is 0 Å². The molecule has 0 aliphatic heterocycles. The number of nitrogens with zero attached hydrogens (tertiary/aromatic N) is 2. The van der Waals surface area contributed by atoms with Crippen LogP contribution in [0.4, 0.5) is 0 Å². The van der Waals surface area contributed by atoms with Crippen molar-refractivity contribution < 1.29 is 0 Å². The Morgan fingerprint density at radius 3 is 2.44 bits per heavy atom. The topological polar surface area (TPSA) is 45.8 Å². The van der Waals surface area contributed by atoms with Crippen LogP contribution in [0.15, 0.2) is 16.9 Å². The van der Waals surface area contributed by atoms with Gasteiger partial charge in [-0.05, 0) is 25.0 Å². The van der Waals surface area contributed by atoms with Crippen LogP contribution in [0.2, 0.25) is 0 Å². The summed E-state index contributed by atoms with van der Waals surface area (Å²) in [5, 5.41) is 8.88. The molecule has 0 aromatic carbocycles. The summed E-state index contributed by atoms with van der Waals surface area (Å²) in [4.78, 5) is 12.1. The van der Waals surface area contributed by atoms with Crippen molar-refractivity contribution in [2.24, 2.45) is 0 Å². The lowest BCUT2D eigenvalue weighted by atomic mass is 9.90. The second kappa shape index (κ2) is 3.48. The zero-order valence-corrected chi connectivity index (χ0v) is 9.95. The average molecular weight is 216 g/mol. The summed E-state index contributed by atoms with van der Waals surface area (Å²) in [6, 6.07) is 5.83. The predicted octanol–water partition coefficient (Wildman–Crippen LogP) is 2.35. The Morgan fingerprint density at radius 1 is 1.38 bits per heavy atom. The molecule has 1 fully saturated rings. The van der Waals surface area contributed by atoms with Gasteiger partial charge in [-0.15, -0.1) is 0 Å². The third-order valence-electron chi connectivity index (χ3n) is 2.92. The van der Waals surface area contributed by atoms with Gasteiger partial charge in [0.25, 0.3) is 5.56 Å². The van der Waals surface area contributed by atoms with Crippen molar-refractivity contribution in [2.45, 2.75) is 45.1 Å². The molecule has 0 amide bonds. The van der Waals surface area contributed by atoms with Crippen LogP contribution < -0.4 is 5.56 Å². The fraction of sp³-hybridized carbons (Fsp3) is 0.538. The van der Waals surface area contributed by atoms with E-state index < -0.39 is 0 Å². The maximum Gasteiger partial charge on any atom is 0.268 e. The lowest BCUT2D eigenvalue weighted by Crippen LogP contribution is -2.30. The molecule has 3 nitrogen and oxygen atoms in total.